The third-order valence-electron chi connectivity index (χ3n) is 3.60. The summed E-state index contributed by atoms with van der Waals surface area (Å²) in [5.41, 5.74) is 0.342. The van der Waals surface area contributed by atoms with Crippen LogP contribution in [0.15, 0.2) is 42.5 Å². The Bertz CT molecular complexity index is 817. The SMILES string of the molecule is CN(CC(=O)Nc1cccc(F)c1)C(=O)CCCOc1ccc(Cl)cc1Cl. The van der Waals surface area contributed by atoms with Crippen LogP contribution in [0.2, 0.25) is 10.0 Å². The van der Waals surface area contributed by atoms with E-state index in [2.05, 4.69) is 5.32 Å². The Balaban J connectivity index is 1.71. The molecular weight excluding hydrogens is 394 g/mol. The van der Waals surface area contributed by atoms with Crippen molar-refractivity contribution in [1.29, 1.82) is 0 Å². The third kappa shape index (κ3) is 7.07. The first-order valence-electron chi connectivity index (χ1n) is 8.22. The molecule has 0 spiro atoms. The number of hydrogen-bond donors (Lipinski definition) is 1. The summed E-state index contributed by atoms with van der Waals surface area (Å²) < 4.78 is 18.6. The van der Waals surface area contributed by atoms with Crippen LogP contribution in [0, 0.1) is 5.82 Å². The molecule has 8 heteroatoms. The van der Waals surface area contributed by atoms with Crippen molar-refractivity contribution in [2.24, 2.45) is 0 Å². The number of hydrogen-bond acceptors (Lipinski definition) is 3. The number of rotatable bonds is 8. The number of nitrogens with zero attached hydrogens (tertiary/aromatic N) is 1. The van der Waals surface area contributed by atoms with E-state index in [1.807, 2.05) is 0 Å². The second-order valence-corrected chi connectivity index (χ2v) is 6.68. The number of likely N-dealkylation sites (N-methyl/N-ethyl adjacent to an activating group) is 1. The number of ether oxygens (including phenoxy) is 1. The van der Waals surface area contributed by atoms with E-state index < -0.39 is 11.7 Å². The topological polar surface area (TPSA) is 58.6 Å². The van der Waals surface area contributed by atoms with Crippen LogP contribution in [-0.2, 0) is 9.59 Å². The quantitative estimate of drug-likeness (QED) is 0.654. The number of carbonyl (C=O) groups excluding carboxylic acids is 2. The number of nitrogens with one attached hydrogen (secondary N) is 1. The molecule has 0 aliphatic heterocycles. The van der Waals surface area contributed by atoms with Crippen molar-refractivity contribution in [2.75, 3.05) is 25.5 Å². The van der Waals surface area contributed by atoms with E-state index in [0.29, 0.717) is 34.5 Å². The molecule has 2 amide bonds. The maximum atomic E-state index is 13.1. The molecule has 1 N–H and O–H groups in total. The summed E-state index contributed by atoms with van der Waals surface area (Å²) >= 11 is 11.8. The summed E-state index contributed by atoms with van der Waals surface area (Å²) in [6, 6.07) is 10.5. The van der Waals surface area contributed by atoms with Crippen LogP contribution >= 0.6 is 23.2 Å². The molecule has 144 valence electrons. The fourth-order valence-electron chi connectivity index (χ4n) is 2.26. The van der Waals surface area contributed by atoms with Crippen LogP contribution in [0.5, 0.6) is 5.75 Å². The molecule has 0 aliphatic carbocycles. The summed E-state index contributed by atoms with van der Waals surface area (Å²) in [5, 5.41) is 3.46. The molecule has 0 fully saturated rings. The van der Waals surface area contributed by atoms with Gasteiger partial charge in [0.1, 0.15) is 11.6 Å². The molecular formula is C19H19Cl2FN2O3. The average Bonchev–Trinajstić information content (AvgIpc) is 2.59. The monoisotopic (exact) mass is 412 g/mol. The van der Waals surface area contributed by atoms with Gasteiger partial charge in [-0.1, -0.05) is 29.3 Å². The molecule has 0 aromatic heterocycles. The molecule has 27 heavy (non-hydrogen) atoms. The standard InChI is InChI=1S/C19H19Cl2FN2O3/c1-24(12-18(25)23-15-5-2-4-14(22)11-15)19(26)6-3-9-27-17-8-7-13(20)10-16(17)21/h2,4-5,7-8,10-11H,3,6,9,12H2,1H3,(H,23,25). The van der Waals surface area contributed by atoms with Crippen molar-refractivity contribution in [3.05, 3.63) is 58.3 Å². The highest BCUT2D eigenvalue weighted by Crippen LogP contribution is 2.27. The minimum Gasteiger partial charge on any atom is -0.492 e. The summed E-state index contributed by atoms with van der Waals surface area (Å²) in [4.78, 5) is 25.3. The summed E-state index contributed by atoms with van der Waals surface area (Å²) in [7, 11) is 1.53. The Hall–Kier alpha value is -2.31. The van der Waals surface area contributed by atoms with Crippen LogP contribution in [0.3, 0.4) is 0 Å². The zero-order valence-electron chi connectivity index (χ0n) is 14.7. The number of amides is 2. The molecule has 0 aliphatic rings. The summed E-state index contributed by atoms with van der Waals surface area (Å²) in [5.74, 6) is -0.551. The van der Waals surface area contributed by atoms with E-state index in [-0.39, 0.29) is 18.9 Å². The van der Waals surface area contributed by atoms with Crippen LogP contribution < -0.4 is 10.1 Å². The number of benzene rings is 2. The molecule has 2 aromatic rings. The summed E-state index contributed by atoms with van der Waals surface area (Å²) in [6.45, 7) is 0.176. The van der Waals surface area contributed by atoms with E-state index >= 15 is 0 Å². The Morgan fingerprint density at radius 2 is 1.96 bits per heavy atom. The van der Waals surface area contributed by atoms with Crippen molar-refractivity contribution < 1.29 is 18.7 Å². The van der Waals surface area contributed by atoms with E-state index in [9.17, 15) is 14.0 Å². The van der Waals surface area contributed by atoms with Gasteiger partial charge in [-0.15, -0.1) is 0 Å². The lowest BCUT2D eigenvalue weighted by Gasteiger charge is -2.17. The number of halogens is 3. The first kappa shape index (κ1) is 21.0. The first-order chi connectivity index (χ1) is 12.8. The van der Waals surface area contributed by atoms with Gasteiger partial charge in [0.05, 0.1) is 18.2 Å². The van der Waals surface area contributed by atoms with Gasteiger partial charge in [-0.05, 0) is 42.8 Å². The van der Waals surface area contributed by atoms with Gasteiger partial charge in [0.2, 0.25) is 11.8 Å². The van der Waals surface area contributed by atoms with Crippen molar-refractivity contribution in [2.45, 2.75) is 12.8 Å². The van der Waals surface area contributed by atoms with Crippen LogP contribution in [0.25, 0.3) is 0 Å². The highest BCUT2D eigenvalue weighted by atomic mass is 35.5. The van der Waals surface area contributed by atoms with Crippen LogP contribution in [-0.4, -0.2) is 36.9 Å². The lowest BCUT2D eigenvalue weighted by molar-refractivity contribution is -0.133. The lowest BCUT2D eigenvalue weighted by atomic mass is 10.3. The fourth-order valence-corrected chi connectivity index (χ4v) is 2.72. The second-order valence-electron chi connectivity index (χ2n) is 5.84. The van der Waals surface area contributed by atoms with Crippen molar-refractivity contribution in [3.63, 3.8) is 0 Å². The van der Waals surface area contributed by atoms with Gasteiger partial charge in [0.15, 0.2) is 0 Å². The van der Waals surface area contributed by atoms with Crippen LogP contribution in [0.1, 0.15) is 12.8 Å². The van der Waals surface area contributed by atoms with Gasteiger partial charge >= 0.3 is 0 Å². The molecule has 5 nitrogen and oxygen atoms in total. The molecule has 0 saturated carbocycles. The summed E-state index contributed by atoms with van der Waals surface area (Å²) in [6.07, 6.45) is 0.683. The first-order valence-corrected chi connectivity index (χ1v) is 8.98. The maximum absolute atomic E-state index is 13.1. The smallest absolute Gasteiger partial charge is 0.243 e. The van der Waals surface area contributed by atoms with E-state index in [4.69, 9.17) is 27.9 Å². The molecule has 0 radical (unpaired) electrons. The zero-order chi connectivity index (χ0) is 19.8. The molecule has 2 aromatic carbocycles. The van der Waals surface area contributed by atoms with Crippen LogP contribution in [0.4, 0.5) is 10.1 Å². The Labute approximate surface area is 167 Å². The van der Waals surface area contributed by atoms with E-state index in [1.165, 1.54) is 30.1 Å². The highest BCUT2D eigenvalue weighted by Gasteiger charge is 2.13. The molecule has 0 heterocycles. The number of anilines is 1. The van der Waals surface area contributed by atoms with Crippen molar-refractivity contribution >= 4 is 40.7 Å². The largest absolute Gasteiger partial charge is 0.492 e. The molecule has 0 unspecified atom stereocenters. The predicted molar refractivity (Wildman–Crippen MR) is 104 cm³/mol. The van der Waals surface area contributed by atoms with Crippen molar-refractivity contribution in [3.8, 4) is 5.75 Å². The number of carbonyl (C=O) groups is 2. The average molecular weight is 413 g/mol. The third-order valence-corrected chi connectivity index (χ3v) is 4.13. The fraction of sp³-hybridized carbons (Fsp3) is 0.263. The molecule has 0 saturated heterocycles. The predicted octanol–water partition coefficient (Wildman–Crippen LogP) is 4.39. The van der Waals surface area contributed by atoms with Crippen molar-refractivity contribution in [1.82, 2.24) is 4.90 Å². The maximum Gasteiger partial charge on any atom is 0.243 e. The minimum atomic E-state index is -0.446. The Morgan fingerprint density at radius 1 is 1.19 bits per heavy atom. The molecule has 2 rings (SSSR count). The van der Waals surface area contributed by atoms with Gasteiger partial charge in [-0.25, -0.2) is 4.39 Å². The normalized spacial score (nSPS) is 10.4. The highest BCUT2D eigenvalue weighted by molar-refractivity contribution is 6.35. The molecule has 0 atom stereocenters. The van der Waals surface area contributed by atoms with Gasteiger partial charge in [0, 0.05) is 24.2 Å². The molecule has 0 bridgehead atoms. The van der Waals surface area contributed by atoms with Gasteiger partial charge in [-0.3, -0.25) is 9.59 Å². The van der Waals surface area contributed by atoms with E-state index in [1.54, 1.807) is 24.3 Å². The van der Waals surface area contributed by atoms with Gasteiger partial charge in [0.25, 0.3) is 0 Å². The minimum absolute atomic E-state index is 0.126. The lowest BCUT2D eigenvalue weighted by Crippen LogP contribution is -2.35. The second kappa shape index (κ2) is 10.1. The Morgan fingerprint density at radius 3 is 2.67 bits per heavy atom. The van der Waals surface area contributed by atoms with Gasteiger partial charge < -0.3 is 15.0 Å². The Kier molecular flexibility index (Phi) is 7.88. The van der Waals surface area contributed by atoms with E-state index in [0.717, 1.165) is 0 Å². The zero-order valence-corrected chi connectivity index (χ0v) is 16.2. The van der Waals surface area contributed by atoms with Gasteiger partial charge in [-0.2, -0.15) is 0 Å².